The molecule has 0 saturated heterocycles. The molecule has 1 aromatic heterocycles. The van der Waals surface area contributed by atoms with Crippen LogP contribution >= 0.6 is 0 Å². The fourth-order valence-electron chi connectivity index (χ4n) is 1.62. The summed E-state index contributed by atoms with van der Waals surface area (Å²) in [5.74, 6) is 0.672. The normalized spacial score (nSPS) is 11.1. The van der Waals surface area contributed by atoms with Gasteiger partial charge in [0.15, 0.2) is 0 Å². The van der Waals surface area contributed by atoms with Crippen LogP contribution in [0.2, 0.25) is 0 Å². The summed E-state index contributed by atoms with van der Waals surface area (Å²) in [6, 6.07) is 12.0. The van der Waals surface area contributed by atoms with Crippen molar-refractivity contribution in [2.75, 3.05) is 16.6 Å². The van der Waals surface area contributed by atoms with E-state index < -0.39 is 10.0 Å². The van der Waals surface area contributed by atoms with Crippen molar-refractivity contribution in [3.8, 4) is 0 Å². The van der Waals surface area contributed by atoms with E-state index >= 15 is 0 Å². The third kappa shape index (κ3) is 3.71. The number of rotatable bonds is 6. The van der Waals surface area contributed by atoms with E-state index in [1.165, 1.54) is 12.3 Å². The quantitative estimate of drug-likeness (QED) is 0.858. The average Bonchev–Trinajstić information content (AvgIpc) is 2.46. The molecular formula is C14H17N3O2S. The molecule has 0 saturated carbocycles. The molecule has 0 unspecified atom stereocenters. The lowest BCUT2D eigenvalue weighted by atomic mass is 10.3. The number of anilines is 2. The number of sulfonamides is 1. The highest BCUT2D eigenvalue weighted by Crippen LogP contribution is 2.16. The molecule has 0 bridgehead atoms. The predicted molar refractivity (Wildman–Crippen MR) is 80.3 cm³/mol. The van der Waals surface area contributed by atoms with Crippen LogP contribution in [0.15, 0.2) is 53.6 Å². The van der Waals surface area contributed by atoms with Gasteiger partial charge in [-0.2, -0.15) is 0 Å². The zero-order valence-corrected chi connectivity index (χ0v) is 12.0. The largest absolute Gasteiger partial charge is 0.370 e. The Hall–Kier alpha value is -2.08. The van der Waals surface area contributed by atoms with E-state index in [1.807, 2.05) is 6.07 Å². The van der Waals surface area contributed by atoms with Gasteiger partial charge in [0.2, 0.25) is 0 Å². The van der Waals surface area contributed by atoms with E-state index in [4.69, 9.17) is 0 Å². The standard InChI is InChI=1S/C14H17N3O2S/c1-2-10-15-14-9-8-13(11-16-14)20(18,19)17-12-6-4-3-5-7-12/h3-9,11,17H,2,10H2,1H3,(H,15,16). The molecule has 2 N–H and O–H groups in total. The highest BCUT2D eigenvalue weighted by molar-refractivity contribution is 7.92. The average molecular weight is 291 g/mol. The van der Waals surface area contributed by atoms with Gasteiger partial charge < -0.3 is 5.32 Å². The minimum atomic E-state index is -3.59. The molecule has 0 radical (unpaired) electrons. The number of aromatic nitrogens is 1. The Bertz CT molecular complexity index is 640. The van der Waals surface area contributed by atoms with E-state index in [2.05, 4.69) is 21.9 Å². The third-order valence-electron chi connectivity index (χ3n) is 2.63. The van der Waals surface area contributed by atoms with Gasteiger partial charge in [-0.05, 0) is 30.7 Å². The summed E-state index contributed by atoms with van der Waals surface area (Å²) in [6.45, 7) is 2.86. The molecule has 0 atom stereocenters. The summed E-state index contributed by atoms with van der Waals surface area (Å²) >= 11 is 0. The van der Waals surface area contributed by atoms with Crippen LogP contribution in [0.1, 0.15) is 13.3 Å². The van der Waals surface area contributed by atoms with E-state index in [9.17, 15) is 8.42 Å². The number of hydrogen-bond acceptors (Lipinski definition) is 4. The molecule has 0 aliphatic heterocycles. The molecule has 2 rings (SSSR count). The number of para-hydroxylation sites is 1. The fraction of sp³-hybridized carbons (Fsp3) is 0.214. The maximum atomic E-state index is 12.2. The molecule has 6 heteroatoms. The molecule has 0 fully saturated rings. The van der Waals surface area contributed by atoms with Gasteiger partial charge in [-0.25, -0.2) is 13.4 Å². The first-order valence-corrected chi connectivity index (χ1v) is 7.88. The van der Waals surface area contributed by atoms with Gasteiger partial charge in [0.1, 0.15) is 10.7 Å². The number of benzene rings is 1. The van der Waals surface area contributed by atoms with E-state index in [0.29, 0.717) is 11.5 Å². The molecule has 106 valence electrons. The Balaban J connectivity index is 2.13. The van der Waals surface area contributed by atoms with Gasteiger partial charge in [0.25, 0.3) is 10.0 Å². The first-order chi connectivity index (χ1) is 9.62. The molecule has 1 heterocycles. The van der Waals surface area contributed by atoms with Gasteiger partial charge in [0.05, 0.1) is 0 Å². The number of nitrogens with one attached hydrogen (secondary N) is 2. The van der Waals surface area contributed by atoms with Gasteiger partial charge in [0, 0.05) is 18.4 Å². The molecule has 2 aromatic rings. The van der Waals surface area contributed by atoms with Crippen LogP contribution in [-0.2, 0) is 10.0 Å². The van der Waals surface area contributed by atoms with Crippen LogP contribution < -0.4 is 10.0 Å². The molecule has 5 nitrogen and oxygen atoms in total. The maximum absolute atomic E-state index is 12.2. The Morgan fingerprint density at radius 2 is 1.85 bits per heavy atom. The summed E-state index contributed by atoms with van der Waals surface area (Å²) < 4.78 is 26.8. The summed E-state index contributed by atoms with van der Waals surface area (Å²) in [6.07, 6.45) is 2.33. The summed E-state index contributed by atoms with van der Waals surface area (Å²) in [4.78, 5) is 4.24. The SMILES string of the molecule is CCCNc1ccc(S(=O)(=O)Nc2ccccc2)cn1. The van der Waals surface area contributed by atoms with Crippen LogP contribution in [-0.4, -0.2) is 19.9 Å². The first kappa shape index (κ1) is 14.3. The van der Waals surface area contributed by atoms with Crippen molar-refractivity contribution in [1.29, 1.82) is 0 Å². The van der Waals surface area contributed by atoms with Gasteiger partial charge in [-0.1, -0.05) is 25.1 Å². The number of hydrogen-bond donors (Lipinski definition) is 2. The smallest absolute Gasteiger partial charge is 0.263 e. The molecule has 0 amide bonds. The predicted octanol–water partition coefficient (Wildman–Crippen LogP) is 2.70. The van der Waals surface area contributed by atoms with Gasteiger partial charge >= 0.3 is 0 Å². The van der Waals surface area contributed by atoms with Crippen molar-refractivity contribution < 1.29 is 8.42 Å². The lowest BCUT2D eigenvalue weighted by Gasteiger charge is -2.08. The number of nitrogens with zero attached hydrogens (tertiary/aromatic N) is 1. The monoisotopic (exact) mass is 291 g/mol. The van der Waals surface area contributed by atoms with Crippen molar-refractivity contribution in [3.63, 3.8) is 0 Å². The summed E-state index contributed by atoms with van der Waals surface area (Å²) in [5, 5.41) is 3.10. The van der Waals surface area contributed by atoms with E-state index in [1.54, 1.807) is 30.3 Å². The van der Waals surface area contributed by atoms with Gasteiger partial charge in [-0.15, -0.1) is 0 Å². The number of pyridine rings is 1. The zero-order valence-electron chi connectivity index (χ0n) is 11.2. The van der Waals surface area contributed by atoms with Crippen molar-refractivity contribution in [3.05, 3.63) is 48.7 Å². The van der Waals surface area contributed by atoms with Crippen LogP contribution in [0.3, 0.4) is 0 Å². The van der Waals surface area contributed by atoms with Crippen molar-refractivity contribution >= 4 is 21.5 Å². The minimum absolute atomic E-state index is 0.142. The van der Waals surface area contributed by atoms with Crippen molar-refractivity contribution in [2.45, 2.75) is 18.2 Å². The Morgan fingerprint density at radius 1 is 1.10 bits per heavy atom. The summed E-state index contributed by atoms with van der Waals surface area (Å²) in [5.41, 5.74) is 0.528. The maximum Gasteiger partial charge on any atom is 0.263 e. The minimum Gasteiger partial charge on any atom is -0.370 e. The lowest BCUT2D eigenvalue weighted by molar-refractivity contribution is 0.601. The van der Waals surface area contributed by atoms with Crippen molar-refractivity contribution in [2.24, 2.45) is 0 Å². The molecule has 0 spiro atoms. The van der Waals surface area contributed by atoms with E-state index in [0.717, 1.165) is 13.0 Å². The second-order valence-electron chi connectivity index (χ2n) is 4.28. The Kier molecular flexibility index (Phi) is 4.57. The van der Waals surface area contributed by atoms with Crippen LogP contribution in [0.4, 0.5) is 11.5 Å². The fourth-order valence-corrected chi connectivity index (χ4v) is 2.62. The molecule has 20 heavy (non-hydrogen) atoms. The zero-order chi connectivity index (χ0) is 14.4. The second-order valence-corrected chi connectivity index (χ2v) is 5.96. The highest BCUT2D eigenvalue weighted by Gasteiger charge is 2.14. The Labute approximate surface area is 119 Å². The topological polar surface area (TPSA) is 71.1 Å². The first-order valence-electron chi connectivity index (χ1n) is 6.39. The van der Waals surface area contributed by atoms with Gasteiger partial charge in [-0.3, -0.25) is 4.72 Å². The van der Waals surface area contributed by atoms with Crippen LogP contribution in [0.5, 0.6) is 0 Å². The second kappa shape index (κ2) is 6.38. The van der Waals surface area contributed by atoms with Crippen LogP contribution in [0, 0.1) is 0 Å². The third-order valence-corrected chi connectivity index (χ3v) is 4.00. The summed E-state index contributed by atoms with van der Waals surface area (Å²) in [7, 11) is -3.59. The molecular weight excluding hydrogens is 274 g/mol. The molecule has 0 aliphatic rings. The van der Waals surface area contributed by atoms with E-state index in [-0.39, 0.29) is 4.90 Å². The van der Waals surface area contributed by atoms with Crippen LogP contribution in [0.25, 0.3) is 0 Å². The Morgan fingerprint density at radius 3 is 2.45 bits per heavy atom. The highest BCUT2D eigenvalue weighted by atomic mass is 32.2. The lowest BCUT2D eigenvalue weighted by Crippen LogP contribution is -2.13. The molecule has 1 aromatic carbocycles. The molecule has 0 aliphatic carbocycles. The van der Waals surface area contributed by atoms with Crippen molar-refractivity contribution in [1.82, 2.24) is 4.98 Å².